The smallest absolute Gasteiger partial charge is 0.237 e. The van der Waals surface area contributed by atoms with Gasteiger partial charge in [0.15, 0.2) is 0 Å². The van der Waals surface area contributed by atoms with Crippen molar-refractivity contribution in [1.82, 2.24) is 19.9 Å². The van der Waals surface area contributed by atoms with Crippen LogP contribution in [0.15, 0.2) is 49.1 Å². The second kappa shape index (κ2) is 9.56. The Bertz CT molecular complexity index is 1440. The maximum absolute atomic E-state index is 15.1. The summed E-state index contributed by atoms with van der Waals surface area (Å²) in [6, 6.07) is 9.75. The molecular formula is C25H20F2N6O2. The summed E-state index contributed by atoms with van der Waals surface area (Å²) in [6.07, 6.45) is 4.13. The summed E-state index contributed by atoms with van der Waals surface area (Å²) >= 11 is 0. The van der Waals surface area contributed by atoms with Crippen molar-refractivity contribution >= 4 is 16.6 Å². The number of ether oxygens (including phenoxy) is 2. The van der Waals surface area contributed by atoms with Crippen molar-refractivity contribution in [1.29, 1.82) is 5.26 Å². The van der Waals surface area contributed by atoms with Gasteiger partial charge in [0, 0.05) is 53.8 Å². The van der Waals surface area contributed by atoms with E-state index in [1.165, 1.54) is 31.9 Å². The van der Waals surface area contributed by atoms with Gasteiger partial charge in [0.05, 0.1) is 37.6 Å². The zero-order chi connectivity index (χ0) is 24.4. The third-order valence-electron chi connectivity index (χ3n) is 5.94. The number of anilines is 1. The quantitative estimate of drug-likeness (QED) is 0.430. The number of fused-ring (bicyclic) bond motifs is 1. The lowest BCUT2D eigenvalue weighted by Crippen LogP contribution is -2.36. The third kappa shape index (κ3) is 4.22. The zero-order valence-corrected chi connectivity index (χ0v) is 18.8. The molecule has 0 saturated carbocycles. The molecule has 1 aliphatic rings. The Balaban J connectivity index is 1.62. The van der Waals surface area contributed by atoms with Crippen LogP contribution in [0.4, 0.5) is 14.5 Å². The summed E-state index contributed by atoms with van der Waals surface area (Å²) in [6.45, 7) is 2.82. The minimum Gasteiger partial charge on any atom is -0.480 e. The summed E-state index contributed by atoms with van der Waals surface area (Å²) < 4.78 is 40.6. The monoisotopic (exact) mass is 474 g/mol. The average molecular weight is 474 g/mol. The van der Waals surface area contributed by atoms with Crippen LogP contribution in [0, 0.1) is 23.0 Å². The van der Waals surface area contributed by atoms with Crippen LogP contribution in [0.1, 0.15) is 17.2 Å². The van der Waals surface area contributed by atoms with Crippen molar-refractivity contribution < 1.29 is 18.3 Å². The summed E-state index contributed by atoms with van der Waals surface area (Å²) in [5.41, 5.74) is 2.03. The van der Waals surface area contributed by atoms with Crippen LogP contribution >= 0.6 is 0 Å². The molecule has 2 aromatic heterocycles. The first-order valence-corrected chi connectivity index (χ1v) is 10.9. The van der Waals surface area contributed by atoms with E-state index in [1.54, 1.807) is 0 Å². The minimum atomic E-state index is -1.17. The van der Waals surface area contributed by atoms with Crippen LogP contribution < -0.4 is 9.64 Å². The Labute approximate surface area is 199 Å². The van der Waals surface area contributed by atoms with Gasteiger partial charge >= 0.3 is 0 Å². The van der Waals surface area contributed by atoms with E-state index < -0.39 is 17.6 Å². The molecule has 2 aromatic carbocycles. The zero-order valence-electron chi connectivity index (χ0n) is 18.8. The highest BCUT2D eigenvalue weighted by atomic mass is 19.1. The number of aromatic nitrogens is 4. The molecule has 8 nitrogen and oxygen atoms in total. The highest BCUT2D eigenvalue weighted by Crippen LogP contribution is 2.36. The normalized spacial score (nSPS) is 14.5. The maximum Gasteiger partial charge on any atom is 0.237 e. The number of nitrogens with zero attached hydrogens (tertiary/aromatic N) is 6. The molecule has 1 atom stereocenters. The molecule has 176 valence electrons. The number of rotatable bonds is 5. The van der Waals surface area contributed by atoms with E-state index in [0.29, 0.717) is 29.8 Å². The number of hydrogen-bond donors (Lipinski definition) is 0. The number of methoxy groups -OCH3 is 1. The second-order valence-electron chi connectivity index (χ2n) is 7.89. The van der Waals surface area contributed by atoms with E-state index in [9.17, 15) is 9.65 Å². The van der Waals surface area contributed by atoms with Gasteiger partial charge in [-0.05, 0) is 24.3 Å². The molecule has 4 aromatic rings. The SMILES string of the molecule is COc1nccnc1C(C#N)c1cc(-c2ncnc3cc(N4CCOCC4)ccc23)c(F)cc1F. The van der Waals surface area contributed by atoms with Crippen molar-refractivity contribution in [3.63, 3.8) is 0 Å². The van der Waals surface area contributed by atoms with E-state index >= 15 is 4.39 Å². The molecule has 0 amide bonds. The van der Waals surface area contributed by atoms with E-state index in [4.69, 9.17) is 9.47 Å². The van der Waals surface area contributed by atoms with Gasteiger partial charge < -0.3 is 14.4 Å². The number of benzene rings is 2. The van der Waals surface area contributed by atoms with Crippen LogP contribution in [0.2, 0.25) is 0 Å². The van der Waals surface area contributed by atoms with E-state index in [-0.39, 0.29) is 22.7 Å². The van der Waals surface area contributed by atoms with Crippen LogP contribution in [0.25, 0.3) is 22.2 Å². The Morgan fingerprint density at radius 1 is 1.03 bits per heavy atom. The van der Waals surface area contributed by atoms with Crippen LogP contribution in [0.3, 0.4) is 0 Å². The number of nitriles is 1. The highest BCUT2D eigenvalue weighted by molar-refractivity contribution is 5.94. The Kier molecular flexibility index (Phi) is 6.16. The molecule has 1 unspecified atom stereocenters. The highest BCUT2D eigenvalue weighted by Gasteiger charge is 2.26. The van der Waals surface area contributed by atoms with Gasteiger partial charge in [-0.1, -0.05) is 0 Å². The first-order chi connectivity index (χ1) is 17.1. The van der Waals surface area contributed by atoms with E-state index in [2.05, 4.69) is 24.8 Å². The first kappa shape index (κ1) is 22.6. The van der Waals surface area contributed by atoms with Gasteiger partial charge in [0.2, 0.25) is 5.88 Å². The van der Waals surface area contributed by atoms with Gasteiger partial charge in [-0.3, -0.25) is 4.98 Å². The predicted molar refractivity (Wildman–Crippen MR) is 124 cm³/mol. The number of hydrogen-bond acceptors (Lipinski definition) is 8. The molecule has 1 aliphatic heterocycles. The molecule has 0 bridgehead atoms. The lowest BCUT2D eigenvalue weighted by atomic mass is 9.93. The molecule has 1 saturated heterocycles. The Hall–Kier alpha value is -4.23. The summed E-state index contributed by atoms with van der Waals surface area (Å²) in [5.74, 6) is -2.75. The maximum atomic E-state index is 15.1. The third-order valence-corrected chi connectivity index (χ3v) is 5.94. The van der Waals surface area contributed by atoms with Crippen LogP contribution in [0.5, 0.6) is 5.88 Å². The standard InChI is InChI=1S/C25H20F2N6O2/c1-34-25-24(29-4-5-30-25)19(13-28)17-11-18(21(27)12-20(17)26)23-16-3-2-15(10-22(16)31-14-32-23)33-6-8-35-9-7-33/h2-5,10-12,14,19H,6-9H2,1H3. The molecule has 10 heteroatoms. The van der Waals surface area contributed by atoms with Crippen LogP contribution in [-0.2, 0) is 4.74 Å². The molecule has 3 heterocycles. The summed E-state index contributed by atoms with van der Waals surface area (Å²) in [7, 11) is 1.38. The molecule has 35 heavy (non-hydrogen) atoms. The molecular weight excluding hydrogens is 454 g/mol. The largest absolute Gasteiger partial charge is 0.480 e. The number of morpholine rings is 1. The van der Waals surface area contributed by atoms with Crippen molar-refractivity contribution in [2.24, 2.45) is 0 Å². The fourth-order valence-electron chi connectivity index (χ4n) is 4.22. The van der Waals surface area contributed by atoms with E-state index in [0.717, 1.165) is 24.8 Å². The fourth-order valence-corrected chi connectivity index (χ4v) is 4.22. The van der Waals surface area contributed by atoms with Crippen molar-refractivity contribution in [3.05, 3.63) is 71.9 Å². The predicted octanol–water partition coefficient (Wildman–Crippen LogP) is 3.87. The van der Waals surface area contributed by atoms with Crippen LogP contribution in [-0.4, -0.2) is 53.3 Å². The minimum absolute atomic E-state index is 0.0519. The fraction of sp³-hybridized carbons (Fsp3) is 0.240. The van der Waals surface area contributed by atoms with Gasteiger partial charge in [0.25, 0.3) is 0 Å². The lowest BCUT2D eigenvalue weighted by Gasteiger charge is -2.29. The molecule has 1 fully saturated rings. The van der Waals surface area contributed by atoms with Crippen molar-refractivity contribution in [3.8, 4) is 23.2 Å². The van der Waals surface area contributed by atoms with Crippen molar-refractivity contribution in [2.45, 2.75) is 5.92 Å². The molecule has 0 spiro atoms. The summed E-state index contributed by atoms with van der Waals surface area (Å²) in [4.78, 5) is 19.0. The summed E-state index contributed by atoms with van der Waals surface area (Å²) in [5, 5.41) is 10.5. The first-order valence-electron chi connectivity index (χ1n) is 10.9. The van der Waals surface area contributed by atoms with Crippen molar-refractivity contribution in [2.75, 3.05) is 38.3 Å². The number of halogens is 2. The molecule has 0 N–H and O–H groups in total. The Morgan fingerprint density at radius 2 is 1.83 bits per heavy atom. The average Bonchev–Trinajstić information content (AvgIpc) is 2.90. The second-order valence-corrected chi connectivity index (χ2v) is 7.89. The molecule has 0 radical (unpaired) electrons. The topological polar surface area (TPSA) is 97.0 Å². The molecule has 0 aliphatic carbocycles. The lowest BCUT2D eigenvalue weighted by molar-refractivity contribution is 0.122. The Morgan fingerprint density at radius 3 is 2.60 bits per heavy atom. The van der Waals surface area contributed by atoms with E-state index in [1.807, 2.05) is 24.3 Å². The van der Waals surface area contributed by atoms with Gasteiger partial charge in [-0.2, -0.15) is 5.26 Å². The van der Waals surface area contributed by atoms with Gasteiger partial charge in [-0.15, -0.1) is 0 Å². The van der Waals surface area contributed by atoms with Gasteiger partial charge in [0.1, 0.15) is 29.6 Å². The van der Waals surface area contributed by atoms with Gasteiger partial charge in [-0.25, -0.2) is 23.7 Å². The molecule has 5 rings (SSSR count).